The first kappa shape index (κ1) is 34.8. The van der Waals surface area contributed by atoms with E-state index < -0.39 is 61.1 Å². The summed E-state index contributed by atoms with van der Waals surface area (Å²) in [6.07, 6.45) is -3.60. The van der Waals surface area contributed by atoms with Gasteiger partial charge in [0.05, 0.1) is 50.2 Å². The monoisotopic (exact) mass is 634 g/mol. The topological polar surface area (TPSA) is 112 Å². The fourth-order valence-corrected chi connectivity index (χ4v) is 5.90. The van der Waals surface area contributed by atoms with Crippen LogP contribution in [0.1, 0.15) is 45.6 Å². The van der Waals surface area contributed by atoms with Crippen LogP contribution in [0.2, 0.25) is 25.7 Å². The number of likely N-dealkylation sites (tertiary alicyclic amines) is 1. The summed E-state index contributed by atoms with van der Waals surface area (Å²) in [5.74, 6) is -1.13. The van der Waals surface area contributed by atoms with E-state index in [1.807, 2.05) is 0 Å². The van der Waals surface area contributed by atoms with Crippen molar-refractivity contribution in [3.8, 4) is 0 Å². The maximum atomic E-state index is 14.3. The molecular formula is C28H45F3N4O7Si. The molecule has 2 unspecified atom stereocenters. The first-order valence-corrected chi connectivity index (χ1v) is 18.3. The predicted molar refractivity (Wildman–Crippen MR) is 156 cm³/mol. The fraction of sp³-hybridized carbons (Fsp3) is 0.786. The Morgan fingerprint density at radius 2 is 1.84 bits per heavy atom. The molecule has 0 spiro atoms. The Morgan fingerprint density at radius 1 is 1.14 bits per heavy atom. The van der Waals surface area contributed by atoms with Crippen LogP contribution in [0.15, 0.2) is 11.0 Å². The summed E-state index contributed by atoms with van der Waals surface area (Å²) in [6, 6.07) is 0.331. The van der Waals surface area contributed by atoms with Crippen molar-refractivity contribution in [2.45, 2.75) is 96.4 Å². The van der Waals surface area contributed by atoms with Crippen molar-refractivity contribution in [1.82, 2.24) is 14.7 Å². The lowest BCUT2D eigenvalue weighted by Crippen LogP contribution is -2.51. The number of carbonyl (C=O) groups excluding carboxylic acids is 2. The van der Waals surface area contributed by atoms with Crippen LogP contribution in [0.5, 0.6) is 0 Å². The summed E-state index contributed by atoms with van der Waals surface area (Å²) >= 11 is 0. The van der Waals surface area contributed by atoms with Crippen LogP contribution in [-0.2, 0) is 36.6 Å². The number of ether oxygens (including phenoxy) is 4. The Balaban J connectivity index is 1.75. The maximum absolute atomic E-state index is 14.3. The minimum absolute atomic E-state index is 0.0287. The van der Waals surface area contributed by atoms with E-state index in [4.69, 9.17) is 18.9 Å². The highest BCUT2D eigenvalue weighted by Crippen LogP contribution is 2.37. The molecule has 244 valence electrons. The summed E-state index contributed by atoms with van der Waals surface area (Å²) < 4.78 is 65.4. The lowest BCUT2D eigenvalue weighted by molar-refractivity contribution is -0.150. The molecule has 43 heavy (non-hydrogen) atoms. The maximum Gasteiger partial charge on any atom is 0.423 e. The van der Waals surface area contributed by atoms with Crippen molar-refractivity contribution in [2.75, 3.05) is 44.9 Å². The van der Waals surface area contributed by atoms with Gasteiger partial charge >= 0.3 is 18.2 Å². The van der Waals surface area contributed by atoms with E-state index in [0.29, 0.717) is 24.1 Å². The molecule has 2 aliphatic rings. The smallest absolute Gasteiger partial charge is 0.423 e. The summed E-state index contributed by atoms with van der Waals surface area (Å²) in [6.45, 7) is 12.2. The molecule has 2 aliphatic heterocycles. The minimum atomic E-state index is -4.91. The SMILES string of the molecule is COC(=O)C1CC(OC[C@@H]2CCCN2c2cnn(COCC[Si](C)(C)C)c(=O)c2C(F)(F)F)CN(C(=O)OC(C)(C)C)C1. The van der Waals surface area contributed by atoms with Gasteiger partial charge in [0.25, 0.3) is 5.56 Å². The van der Waals surface area contributed by atoms with Crippen molar-refractivity contribution in [3.63, 3.8) is 0 Å². The highest BCUT2D eigenvalue weighted by atomic mass is 28.3. The molecule has 2 fully saturated rings. The van der Waals surface area contributed by atoms with Gasteiger partial charge in [0.15, 0.2) is 0 Å². The predicted octanol–water partition coefficient (Wildman–Crippen LogP) is 4.36. The molecule has 11 nitrogen and oxygen atoms in total. The number of alkyl halides is 3. The molecule has 0 bridgehead atoms. The van der Waals surface area contributed by atoms with Gasteiger partial charge in [-0.3, -0.25) is 9.59 Å². The van der Waals surface area contributed by atoms with Gasteiger partial charge in [0, 0.05) is 27.8 Å². The van der Waals surface area contributed by atoms with Gasteiger partial charge in [-0.05, 0) is 46.1 Å². The van der Waals surface area contributed by atoms with Crippen LogP contribution in [0.25, 0.3) is 0 Å². The number of methoxy groups -OCH3 is 1. The molecule has 0 radical (unpaired) electrons. The Kier molecular flexibility index (Phi) is 11.3. The number of hydrogen-bond donors (Lipinski definition) is 0. The number of hydrogen-bond acceptors (Lipinski definition) is 9. The molecule has 0 saturated carbocycles. The zero-order valence-electron chi connectivity index (χ0n) is 26.2. The third-order valence-corrected chi connectivity index (χ3v) is 9.03. The van der Waals surface area contributed by atoms with Crippen LogP contribution in [0.4, 0.5) is 23.7 Å². The molecule has 3 heterocycles. The number of halogens is 3. The van der Waals surface area contributed by atoms with Crippen molar-refractivity contribution in [1.29, 1.82) is 0 Å². The van der Waals surface area contributed by atoms with Gasteiger partial charge in [-0.2, -0.15) is 18.3 Å². The van der Waals surface area contributed by atoms with Crippen molar-refractivity contribution >= 4 is 25.8 Å². The molecule has 1 amide bonds. The zero-order valence-corrected chi connectivity index (χ0v) is 27.2. The van der Waals surface area contributed by atoms with Gasteiger partial charge in [-0.15, -0.1) is 0 Å². The van der Waals surface area contributed by atoms with Crippen molar-refractivity contribution in [3.05, 3.63) is 22.1 Å². The lowest BCUT2D eigenvalue weighted by atomic mass is 9.96. The Bertz CT molecular complexity index is 1180. The number of amides is 1. The minimum Gasteiger partial charge on any atom is -0.469 e. The standard InChI is InChI=1S/C28H45F3N4O7Si/c1-27(2,3)42-26(38)33-15-19(25(37)39-4)13-21(16-33)41-17-20-9-8-10-34(20)22-14-32-35(18-40-11-12-43(5,6)7)24(36)23(22)28(29,30)31/h14,19-21H,8-13,15-18H2,1-7H3/t19?,20-,21?/m0/s1. The molecule has 2 saturated heterocycles. The second kappa shape index (κ2) is 14.0. The summed E-state index contributed by atoms with van der Waals surface area (Å²) in [5, 5.41) is 4.01. The molecule has 1 aromatic rings. The lowest BCUT2D eigenvalue weighted by Gasteiger charge is -2.38. The second-order valence-corrected chi connectivity index (χ2v) is 19.0. The van der Waals surface area contributed by atoms with E-state index in [-0.39, 0.29) is 45.1 Å². The number of anilines is 1. The first-order valence-electron chi connectivity index (χ1n) is 14.6. The largest absolute Gasteiger partial charge is 0.469 e. The van der Waals surface area contributed by atoms with Crippen molar-refractivity contribution < 1.29 is 41.7 Å². The van der Waals surface area contributed by atoms with Crippen LogP contribution in [0.3, 0.4) is 0 Å². The van der Waals surface area contributed by atoms with Crippen LogP contribution < -0.4 is 10.5 Å². The van der Waals surface area contributed by atoms with Crippen LogP contribution in [0, 0.1) is 5.92 Å². The van der Waals surface area contributed by atoms with E-state index >= 15 is 0 Å². The fourth-order valence-electron chi connectivity index (χ4n) is 5.15. The van der Waals surface area contributed by atoms with E-state index in [1.165, 1.54) is 16.9 Å². The Hall–Kier alpha value is -2.65. The van der Waals surface area contributed by atoms with Crippen molar-refractivity contribution in [2.24, 2.45) is 5.92 Å². The summed E-state index contributed by atoms with van der Waals surface area (Å²) in [7, 11) is -0.151. The average molecular weight is 635 g/mol. The van der Waals surface area contributed by atoms with E-state index in [1.54, 1.807) is 20.8 Å². The molecule has 0 aliphatic carbocycles. The molecule has 15 heteroatoms. The Labute approximate surface area is 251 Å². The van der Waals surface area contributed by atoms with Gasteiger partial charge in [0.1, 0.15) is 17.9 Å². The van der Waals surface area contributed by atoms with Gasteiger partial charge in [0.2, 0.25) is 0 Å². The van der Waals surface area contributed by atoms with Crippen LogP contribution in [-0.4, -0.2) is 92.5 Å². The first-order chi connectivity index (χ1) is 19.9. The second-order valence-electron chi connectivity index (χ2n) is 13.3. The highest BCUT2D eigenvalue weighted by molar-refractivity contribution is 6.76. The number of nitrogens with zero attached hydrogens (tertiary/aromatic N) is 4. The molecule has 3 atom stereocenters. The number of esters is 1. The average Bonchev–Trinajstić information content (AvgIpc) is 3.36. The van der Waals surface area contributed by atoms with Gasteiger partial charge < -0.3 is 28.7 Å². The van der Waals surface area contributed by atoms with Gasteiger partial charge in [-0.25, -0.2) is 9.48 Å². The zero-order chi connectivity index (χ0) is 32.2. The molecule has 1 aromatic heterocycles. The molecule has 0 aromatic carbocycles. The number of piperidine rings is 1. The number of aromatic nitrogens is 2. The van der Waals surface area contributed by atoms with E-state index in [0.717, 1.165) is 12.2 Å². The highest BCUT2D eigenvalue weighted by Gasteiger charge is 2.42. The van der Waals surface area contributed by atoms with Gasteiger partial charge in [-0.1, -0.05) is 19.6 Å². The third kappa shape index (κ3) is 9.93. The molecular weight excluding hydrogens is 589 g/mol. The van der Waals surface area contributed by atoms with E-state index in [2.05, 4.69) is 24.7 Å². The summed E-state index contributed by atoms with van der Waals surface area (Å²) in [4.78, 5) is 41.0. The number of rotatable bonds is 10. The number of carbonyl (C=O) groups is 2. The van der Waals surface area contributed by atoms with E-state index in [9.17, 15) is 27.6 Å². The molecule has 3 rings (SSSR count). The summed E-state index contributed by atoms with van der Waals surface area (Å²) in [5.41, 5.74) is -3.59. The van der Waals surface area contributed by atoms with Crippen LogP contribution >= 0.6 is 0 Å². The quantitative estimate of drug-likeness (QED) is 0.211. The third-order valence-electron chi connectivity index (χ3n) is 7.33. The molecule has 0 N–H and O–H groups in total. The normalized spacial score (nSPS) is 21.7. The Morgan fingerprint density at radius 3 is 2.44 bits per heavy atom.